The number of rotatable bonds is 7. The molecule has 3 heteroatoms. The zero-order valence-electron chi connectivity index (χ0n) is 10.4. The molecule has 0 radical (unpaired) electrons. The molecule has 0 fully saturated rings. The lowest BCUT2D eigenvalue weighted by Crippen LogP contribution is -2.09. The van der Waals surface area contributed by atoms with Gasteiger partial charge in [-0.05, 0) is 24.1 Å². The highest BCUT2D eigenvalue weighted by Gasteiger charge is 2.10. The molecule has 0 heterocycles. The van der Waals surface area contributed by atoms with Crippen LogP contribution < -0.4 is 0 Å². The van der Waals surface area contributed by atoms with E-state index in [4.69, 9.17) is 0 Å². The third kappa shape index (κ3) is 5.35. The summed E-state index contributed by atoms with van der Waals surface area (Å²) in [5, 5.41) is 0. The van der Waals surface area contributed by atoms with Gasteiger partial charge in [0.1, 0.15) is 11.6 Å². The molecule has 0 unspecified atom stereocenters. The van der Waals surface area contributed by atoms with E-state index in [0.29, 0.717) is 18.1 Å². The minimum atomic E-state index is -0.248. The quantitative estimate of drug-likeness (QED) is 0.674. The van der Waals surface area contributed by atoms with Crippen LogP contribution in [0.3, 0.4) is 0 Å². The van der Waals surface area contributed by atoms with Gasteiger partial charge in [-0.15, -0.1) is 11.8 Å². The van der Waals surface area contributed by atoms with Crippen LogP contribution in [-0.4, -0.2) is 11.5 Å². The van der Waals surface area contributed by atoms with Crippen LogP contribution in [0.4, 0.5) is 4.39 Å². The zero-order chi connectivity index (χ0) is 12.7. The van der Waals surface area contributed by atoms with Gasteiger partial charge in [0.05, 0.1) is 5.75 Å². The molecule has 0 atom stereocenters. The fraction of sp³-hybridized carbons (Fsp3) is 0.500. The Bertz CT molecular complexity index is 361. The van der Waals surface area contributed by atoms with Gasteiger partial charge in [-0.1, -0.05) is 32.8 Å². The minimum Gasteiger partial charge on any atom is -0.299 e. The standard InChI is InChI=1S/C14H19FOS/c1-3-11(4-2)8-13(16)10-17-14-7-5-6-12(15)9-14/h5-7,9,11H,3-4,8,10H2,1-2H3. The third-order valence-electron chi connectivity index (χ3n) is 2.87. The second-order valence-corrected chi connectivity index (χ2v) is 5.22. The Morgan fingerprint density at radius 3 is 2.65 bits per heavy atom. The SMILES string of the molecule is CCC(CC)CC(=O)CSc1cccc(F)c1. The minimum absolute atomic E-state index is 0.248. The number of ketones is 1. The second kappa shape index (κ2) is 7.49. The Kier molecular flexibility index (Phi) is 6.27. The summed E-state index contributed by atoms with van der Waals surface area (Å²) in [6, 6.07) is 6.38. The topological polar surface area (TPSA) is 17.1 Å². The van der Waals surface area contributed by atoms with Crippen LogP contribution in [-0.2, 0) is 4.79 Å². The maximum atomic E-state index is 12.9. The average molecular weight is 254 g/mol. The molecule has 0 aromatic heterocycles. The molecule has 17 heavy (non-hydrogen) atoms. The molecule has 0 N–H and O–H groups in total. The smallest absolute Gasteiger partial charge is 0.143 e. The number of halogens is 1. The molecule has 1 nitrogen and oxygen atoms in total. The first-order chi connectivity index (χ1) is 8.15. The van der Waals surface area contributed by atoms with Crippen LogP contribution in [0, 0.1) is 11.7 Å². The first kappa shape index (κ1) is 14.2. The van der Waals surface area contributed by atoms with E-state index in [9.17, 15) is 9.18 Å². The van der Waals surface area contributed by atoms with E-state index in [2.05, 4.69) is 13.8 Å². The molecule has 0 saturated heterocycles. The lowest BCUT2D eigenvalue weighted by molar-refractivity contribution is -0.117. The zero-order valence-corrected chi connectivity index (χ0v) is 11.2. The van der Waals surface area contributed by atoms with Gasteiger partial charge in [-0.2, -0.15) is 0 Å². The highest BCUT2D eigenvalue weighted by Crippen LogP contribution is 2.21. The van der Waals surface area contributed by atoms with Crippen molar-refractivity contribution in [1.82, 2.24) is 0 Å². The molecule has 0 spiro atoms. The van der Waals surface area contributed by atoms with Crippen LogP contribution in [0.5, 0.6) is 0 Å². The monoisotopic (exact) mass is 254 g/mol. The predicted molar refractivity (Wildman–Crippen MR) is 70.8 cm³/mol. The highest BCUT2D eigenvalue weighted by molar-refractivity contribution is 8.00. The summed E-state index contributed by atoms with van der Waals surface area (Å²) in [5.41, 5.74) is 0. The fourth-order valence-corrected chi connectivity index (χ4v) is 2.50. The van der Waals surface area contributed by atoms with Crippen molar-refractivity contribution in [3.05, 3.63) is 30.1 Å². The van der Waals surface area contributed by atoms with Crippen molar-refractivity contribution in [2.24, 2.45) is 5.92 Å². The molecule has 0 aliphatic carbocycles. The number of hydrogen-bond acceptors (Lipinski definition) is 2. The van der Waals surface area contributed by atoms with Gasteiger partial charge in [-0.3, -0.25) is 4.79 Å². The number of hydrogen-bond donors (Lipinski definition) is 0. The maximum absolute atomic E-state index is 12.9. The van der Waals surface area contributed by atoms with Gasteiger partial charge in [0.2, 0.25) is 0 Å². The summed E-state index contributed by atoms with van der Waals surface area (Å²) < 4.78 is 12.9. The summed E-state index contributed by atoms with van der Waals surface area (Å²) in [6.07, 6.45) is 2.75. The van der Waals surface area contributed by atoms with Crippen molar-refractivity contribution < 1.29 is 9.18 Å². The van der Waals surface area contributed by atoms with Gasteiger partial charge in [0.15, 0.2) is 0 Å². The first-order valence-corrected chi connectivity index (χ1v) is 7.04. The lowest BCUT2D eigenvalue weighted by Gasteiger charge is -2.10. The second-order valence-electron chi connectivity index (χ2n) is 4.17. The summed E-state index contributed by atoms with van der Waals surface area (Å²) in [4.78, 5) is 12.5. The van der Waals surface area contributed by atoms with E-state index in [1.54, 1.807) is 6.07 Å². The molecule has 1 aromatic rings. The van der Waals surface area contributed by atoms with E-state index in [1.807, 2.05) is 6.07 Å². The summed E-state index contributed by atoms with van der Waals surface area (Å²) in [6.45, 7) is 4.22. The van der Waals surface area contributed by atoms with Gasteiger partial charge in [0.25, 0.3) is 0 Å². The summed E-state index contributed by atoms with van der Waals surface area (Å²) >= 11 is 1.42. The van der Waals surface area contributed by atoms with Gasteiger partial charge < -0.3 is 0 Å². The van der Waals surface area contributed by atoms with Crippen LogP contribution >= 0.6 is 11.8 Å². The number of carbonyl (C=O) groups excluding carboxylic acids is 1. The molecule has 1 rings (SSSR count). The van der Waals surface area contributed by atoms with Crippen LogP contribution in [0.25, 0.3) is 0 Å². The lowest BCUT2D eigenvalue weighted by atomic mass is 9.98. The Morgan fingerprint density at radius 2 is 2.06 bits per heavy atom. The average Bonchev–Trinajstić information content (AvgIpc) is 2.33. The van der Waals surface area contributed by atoms with E-state index in [1.165, 1.54) is 23.9 Å². The Labute approximate surface area is 107 Å². The maximum Gasteiger partial charge on any atom is 0.143 e. The Morgan fingerprint density at radius 1 is 1.35 bits per heavy atom. The molecule has 0 aliphatic rings. The van der Waals surface area contributed by atoms with E-state index in [0.717, 1.165) is 17.7 Å². The number of benzene rings is 1. The molecule has 94 valence electrons. The fourth-order valence-electron chi connectivity index (χ4n) is 1.68. The number of thioether (sulfide) groups is 1. The molecule has 0 bridgehead atoms. The number of Topliss-reactive ketones (excluding diaryl/α,β-unsaturated/α-hetero) is 1. The number of carbonyl (C=O) groups is 1. The Balaban J connectivity index is 2.38. The van der Waals surface area contributed by atoms with Crippen molar-refractivity contribution in [2.45, 2.75) is 38.0 Å². The van der Waals surface area contributed by atoms with E-state index < -0.39 is 0 Å². The summed E-state index contributed by atoms with van der Waals surface area (Å²) in [7, 11) is 0. The van der Waals surface area contributed by atoms with Gasteiger partial charge in [0, 0.05) is 11.3 Å². The molecule has 0 saturated carbocycles. The normalized spacial score (nSPS) is 10.8. The molecular weight excluding hydrogens is 235 g/mol. The Hall–Kier alpha value is -0.830. The summed E-state index contributed by atoms with van der Waals surface area (Å²) in [5.74, 6) is 0.950. The molecule has 1 aromatic carbocycles. The largest absolute Gasteiger partial charge is 0.299 e. The van der Waals surface area contributed by atoms with Crippen molar-refractivity contribution >= 4 is 17.5 Å². The van der Waals surface area contributed by atoms with E-state index >= 15 is 0 Å². The molecule has 0 aliphatic heterocycles. The van der Waals surface area contributed by atoms with Crippen LogP contribution in [0.2, 0.25) is 0 Å². The predicted octanol–water partition coefficient (Wildman–Crippen LogP) is 4.31. The van der Waals surface area contributed by atoms with E-state index in [-0.39, 0.29) is 11.6 Å². The molecular formula is C14H19FOS. The molecule has 0 amide bonds. The van der Waals surface area contributed by atoms with Gasteiger partial charge >= 0.3 is 0 Å². The van der Waals surface area contributed by atoms with Crippen molar-refractivity contribution in [1.29, 1.82) is 0 Å². The van der Waals surface area contributed by atoms with Crippen molar-refractivity contribution in [3.8, 4) is 0 Å². The van der Waals surface area contributed by atoms with Crippen molar-refractivity contribution in [2.75, 3.05) is 5.75 Å². The van der Waals surface area contributed by atoms with Gasteiger partial charge in [-0.25, -0.2) is 4.39 Å². The van der Waals surface area contributed by atoms with Crippen LogP contribution in [0.1, 0.15) is 33.1 Å². The third-order valence-corrected chi connectivity index (χ3v) is 3.92. The van der Waals surface area contributed by atoms with Crippen molar-refractivity contribution in [3.63, 3.8) is 0 Å². The first-order valence-electron chi connectivity index (χ1n) is 6.05. The van der Waals surface area contributed by atoms with Crippen LogP contribution in [0.15, 0.2) is 29.2 Å². The highest BCUT2D eigenvalue weighted by atomic mass is 32.2.